The van der Waals surface area contributed by atoms with Crippen molar-refractivity contribution in [3.8, 4) is 5.75 Å². The lowest BCUT2D eigenvalue weighted by Gasteiger charge is -2.36. The molecular weight excluding hydrogens is 348 g/mol. The number of para-hydroxylation sites is 1. The number of carboxylic acids is 1. The zero-order valence-electron chi connectivity index (χ0n) is 15.5. The number of aliphatic carboxylic acids is 1. The van der Waals surface area contributed by atoms with Crippen LogP contribution in [0, 0.1) is 11.8 Å². The number of carboxylic acid groups (broad SMARTS) is 1. The van der Waals surface area contributed by atoms with E-state index in [1.54, 1.807) is 7.11 Å². The van der Waals surface area contributed by atoms with E-state index in [0.29, 0.717) is 50.9 Å². The van der Waals surface area contributed by atoms with E-state index in [9.17, 15) is 14.4 Å². The van der Waals surface area contributed by atoms with Gasteiger partial charge in [0, 0.05) is 24.7 Å². The van der Waals surface area contributed by atoms with Crippen LogP contribution >= 0.6 is 0 Å². The monoisotopic (exact) mass is 374 g/mol. The average Bonchev–Trinajstić information content (AvgIpc) is 2.61. The molecule has 7 nitrogen and oxygen atoms in total. The van der Waals surface area contributed by atoms with Crippen molar-refractivity contribution >= 4 is 17.8 Å². The number of ether oxygens (including phenoxy) is 1. The predicted molar refractivity (Wildman–Crippen MR) is 98.3 cm³/mol. The smallest absolute Gasteiger partial charge is 0.307 e. The molecule has 0 spiro atoms. The Morgan fingerprint density at radius 1 is 1.11 bits per heavy atom. The molecule has 27 heavy (non-hydrogen) atoms. The summed E-state index contributed by atoms with van der Waals surface area (Å²) in [5.74, 6) is -1.25. The lowest BCUT2D eigenvalue weighted by molar-refractivity contribution is -0.153. The molecule has 2 fully saturated rings. The standard InChI is InChI=1S/C20H26N2O5/c1-27-17-5-3-2-4-13(17)12-18(23)22-10-8-14(9-11-22)21-19(24)15-6-7-16(15)20(25)26/h2-5,14-16H,6-12H2,1H3,(H,21,24)(H,25,26). The Morgan fingerprint density at radius 3 is 2.37 bits per heavy atom. The fraction of sp³-hybridized carbons (Fsp3) is 0.550. The molecule has 0 bridgehead atoms. The van der Waals surface area contributed by atoms with Gasteiger partial charge in [0.25, 0.3) is 0 Å². The number of rotatable bonds is 6. The molecule has 1 aromatic rings. The van der Waals surface area contributed by atoms with Crippen molar-refractivity contribution in [1.82, 2.24) is 10.2 Å². The van der Waals surface area contributed by atoms with Crippen molar-refractivity contribution in [2.45, 2.75) is 38.1 Å². The Morgan fingerprint density at radius 2 is 1.78 bits per heavy atom. The van der Waals surface area contributed by atoms with Crippen molar-refractivity contribution in [1.29, 1.82) is 0 Å². The molecule has 1 saturated carbocycles. The van der Waals surface area contributed by atoms with Crippen molar-refractivity contribution in [3.63, 3.8) is 0 Å². The fourth-order valence-corrected chi connectivity index (χ4v) is 3.81. The van der Waals surface area contributed by atoms with Gasteiger partial charge >= 0.3 is 5.97 Å². The first kappa shape index (κ1) is 19.2. The highest BCUT2D eigenvalue weighted by molar-refractivity contribution is 5.86. The number of nitrogens with one attached hydrogen (secondary N) is 1. The molecule has 1 heterocycles. The number of hydrogen-bond acceptors (Lipinski definition) is 4. The van der Waals surface area contributed by atoms with Crippen molar-refractivity contribution in [2.75, 3.05) is 20.2 Å². The maximum atomic E-state index is 12.6. The predicted octanol–water partition coefficient (Wildman–Crippen LogP) is 1.46. The van der Waals surface area contributed by atoms with Crippen LogP contribution in [0.3, 0.4) is 0 Å². The molecule has 1 aromatic carbocycles. The van der Waals surface area contributed by atoms with E-state index in [4.69, 9.17) is 9.84 Å². The summed E-state index contributed by atoms with van der Waals surface area (Å²) >= 11 is 0. The van der Waals surface area contributed by atoms with Crippen LogP contribution in [0.4, 0.5) is 0 Å². The van der Waals surface area contributed by atoms with Gasteiger partial charge in [0.15, 0.2) is 0 Å². The molecule has 2 unspecified atom stereocenters. The van der Waals surface area contributed by atoms with Crippen LogP contribution in [0.5, 0.6) is 5.75 Å². The minimum Gasteiger partial charge on any atom is -0.496 e. The highest BCUT2D eigenvalue weighted by Gasteiger charge is 2.42. The minimum atomic E-state index is -0.891. The van der Waals surface area contributed by atoms with E-state index < -0.39 is 17.8 Å². The Balaban J connectivity index is 1.46. The summed E-state index contributed by atoms with van der Waals surface area (Å²) in [5.41, 5.74) is 0.866. The molecule has 0 aromatic heterocycles. The Labute approximate surface area is 158 Å². The van der Waals surface area contributed by atoms with E-state index in [0.717, 1.165) is 5.56 Å². The number of carbonyl (C=O) groups is 3. The number of benzene rings is 1. The number of nitrogens with zero attached hydrogens (tertiary/aromatic N) is 1. The molecule has 2 N–H and O–H groups in total. The first-order chi connectivity index (χ1) is 13.0. The lowest BCUT2D eigenvalue weighted by Crippen LogP contribution is -2.51. The van der Waals surface area contributed by atoms with Gasteiger partial charge < -0.3 is 20.1 Å². The van der Waals surface area contributed by atoms with Gasteiger partial charge in [-0.2, -0.15) is 0 Å². The Kier molecular flexibility index (Phi) is 5.98. The minimum absolute atomic E-state index is 0.00264. The van der Waals surface area contributed by atoms with Gasteiger partial charge in [0.05, 0.1) is 25.4 Å². The third-order valence-electron chi connectivity index (χ3n) is 5.66. The number of methoxy groups -OCH3 is 1. The second kappa shape index (κ2) is 8.41. The maximum absolute atomic E-state index is 12.6. The van der Waals surface area contributed by atoms with E-state index >= 15 is 0 Å². The molecule has 3 rings (SSSR count). The highest BCUT2D eigenvalue weighted by Crippen LogP contribution is 2.34. The van der Waals surface area contributed by atoms with Crippen molar-refractivity contribution in [3.05, 3.63) is 29.8 Å². The molecule has 1 aliphatic carbocycles. The van der Waals surface area contributed by atoms with Crippen LogP contribution in [0.25, 0.3) is 0 Å². The Bertz CT molecular complexity index is 712. The van der Waals surface area contributed by atoms with Gasteiger partial charge in [-0.3, -0.25) is 14.4 Å². The molecule has 1 saturated heterocycles. The first-order valence-electron chi connectivity index (χ1n) is 9.42. The summed E-state index contributed by atoms with van der Waals surface area (Å²) in [6, 6.07) is 7.49. The van der Waals surface area contributed by atoms with E-state index in [1.807, 2.05) is 29.2 Å². The van der Waals surface area contributed by atoms with Crippen molar-refractivity contribution in [2.24, 2.45) is 11.8 Å². The zero-order chi connectivity index (χ0) is 19.4. The van der Waals surface area contributed by atoms with Gasteiger partial charge in [-0.05, 0) is 31.7 Å². The average molecular weight is 374 g/mol. The maximum Gasteiger partial charge on any atom is 0.307 e. The highest BCUT2D eigenvalue weighted by atomic mass is 16.5. The molecule has 146 valence electrons. The summed E-state index contributed by atoms with van der Waals surface area (Å²) in [6.07, 6.45) is 2.88. The molecule has 0 radical (unpaired) electrons. The second-order valence-corrected chi connectivity index (χ2v) is 7.28. The molecule has 1 aliphatic heterocycles. The van der Waals surface area contributed by atoms with Gasteiger partial charge in [-0.1, -0.05) is 18.2 Å². The molecular formula is C20H26N2O5. The molecule has 2 atom stereocenters. The summed E-state index contributed by atoms with van der Waals surface area (Å²) in [6.45, 7) is 1.18. The molecule has 7 heteroatoms. The first-order valence-corrected chi connectivity index (χ1v) is 9.42. The number of carbonyl (C=O) groups excluding carboxylic acids is 2. The third-order valence-corrected chi connectivity index (χ3v) is 5.66. The topological polar surface area (TPSA) is 95.9 Å². The Hall–Kier alpha value is -2.57. The van der Waals surface area contributed by atoms with Gasteiger partial charge in [0.1, 0.15) is 5.75 Å². The van der Waals surface area contributed by atoms with E-state index in [2.05, 4.69) is 5.32 Å². The van der Waals surface area contributed by atoms with Crippen molar-refractivity contribution < 1.29 is 24.2 Å². The van der Waals surface area contributed by atoms with Crippen LogP contribution in [0.15, 0.2) is 24.3 Å². The number of piperidine rings is 1. The number of hydrogen-bond donors (Lipinski definition) is 2. The molecule has 2 aliphatic rings. The summed E-state index contributed by atoms with van der Waals surface area (Å²) in [4.78, 5) is 37.7. The van der Waals surface area contributed by atoms with Crippen LogP contribution in [-0.4, -0.2) is 54.0 Å². The van der Waals surface area contributed by atoms with Crippen LogP contribution in [-0.2, 0) is 20.8 Å². The summed E-state index contributed by atoms with van der Waals surface area (Å²) in [7, 11) is 1.59. The largest absolute Gasteiger partial charge is 0.496 e. The van der Waals surface area contributed by atoms with E-state index in [-0.39, 0.29) is 17.9 Å². The van der Waals surface area contributed by atoms with Gasteiger partial charge in [0.2, 0.25) is 11.8 Å². The summed E-state index contributed by atoms with van der Waals surface area (Å²) in [5, 5.41) is 12.1. The fourth-order valence-electron chi connectivity index (χ4n) is 3.81. The second-order valence-electron chi connectivity index (χ2n) is 7.28. The normalized spacial score (nSPS) is 22.6. The third kappa shape index (κ3) is 4.40. The van der Waals surface area contributed by atoms with Crippen LogP contribution in [0.1, 0.15) is 31.2 Å². The SMILES string of the molecule is COc1ccccc1CC(=O)N1CCC(NC(=O)C2CCC2C(=O)O)CC1. The quantitative estimate of drug-likeness (QED) is 0.786. The summed E-state index contributed by atoms with van der Waals surface area (Å²) < 4.78 is 5.30. The number of amides is 2. The van der Waals surface area contributed by atoms with E-state index in [1.165, 1.54) is 0 Å². The van der Waals surface area contributed by atoms with Gasteiger partial charge in [-0.15, -0.1) is 0 Å². The zero-order valence-corrected chi connectivity index (χ0v) is 15.5. The molecule has 2 amide bonds. The van der Waals surface area contributed by atoms with Gasteiger partial charge in [-0.25, -0.2) is 0 Å². The lowest BCUT2D eigenvalue weighted by atomic mass is 9.73. The van der Waals surface area contributed by atoms with Crippen LogP contribution in [0.2, 0.25) is 0 Å². The number of likely N-dealkylation sites (tertiary alicyclic amines) is 1. The van der Waals surface area contributed by atoms with Crippen LogP contribution < -0.4 is 10.1 Å².